The van der Waals surface area contributed by atoms with E-state index in [1.54, 1.807) is 24.8 Å². The van der Waals surface area contributed by atoms with Gasteiger partial charge in [-0.25, -0.2) is 18.9 Å². The predicted octanol–water partition coefficient (Wildman–Crippen LogP) is 1.59. The minimum absolute atomic E-state index is 0.0511. The van der Waals surface area contributed by atoms with Gasteiger partial charge in [0.2, 0.25) is 0 Å². The summed E-state index contributed by atoms with van der Waals surface area (Å²) in [5, 5.41) is 6.68. The van der Waals surface area contributed by atoms with Gasteiger partial charge in [0, 0.05) is 18.1 Å². The van der Waals surface area contributed by atoms with Crippen molar-refractivity contribution in [1.82, 2.24) is 29.1 Å². The Bertz CT molecular complexity index is 1130. The van der Waals surface area contributed by atoms with Crippen LogP contribution < -0.4 is 11.1 Å². The fourth-order valence-corrected chi connectivity index (χ4v) is 2.64. The summed E-state index contributed by atoms with van der Waals surface area (Å²) in [4.78, 5) is 24.8. The zero-order valence-corrected chi connectivity index (χ0v) is 13.6. The second kappa shape index (κ2) is 5.92. The van der Waals surface area contributed by atoms with Gasteiger partial charge in [0.05, 0.1) is 36.3 Å². The van der Waals surface area contributed by atoms with E-state index in [0.29, 0.717) is 11.4 Å². The molecule has 0 saturated heterocycles. The van der Waals surface area contributed by atoms with E-state index in [2.05, 4.69) is 25.4 Å². The Labute approximate surface area is 146 Å². The molecule has 4 heterocycles. The summed E-state index contributed by atoms with van der Waals surface area (Å²) in [6, 6.07) is 1.75. The van der Waals surface area contributed by atoms with E-state index in [4.69, 9.17) is 5.73 Å². The van der Waals surface area contributed by atoms with Crippen LogP contribution in [0.5, 0.6) is 0 Å². The van der Waals surface area contributed by atoms with Crippen LogP contribution >= 0.6 is 0 Å². The molecule has 3 N–H and O–H groups in total. The number of imidazole rings is 1. The largest absolute Gasteiger partial charge is 0.381 e. The molecule has 4 aromatic heterocycles. The van der Waals surface area contributed by atoms with Crippen LogP contribution in [0.25, 0.3) is 11.3 Å². The number of nitrogens with one attached hydrogen (secondary N) is 1. The van der Waals surface area contributed by atoms with E-state index >= 15 is 0 Å². The van der Waals surface area contributed by atoms with E-state index in [9.17, 15) is 9.18 Å². The highest BCUT2D eigenvalue weighted by atomic mass is 19.1. The number of halogens is 1. The van der Waals surface area contributed by atoms with Gasteiger partial charge in [-0.2, -0.15) is 0 Å². The third-order valence-corrected chi connectivity index (χ3v) is 3.82. The lowest BCUT2D eigenvalue weighted by Gasteiger charge is -2.12. The molecule has 0 bridgehead atoms. The van der Waals surface area contributed by atoms with Crippen LogP contribution in [0.2, 0.25) is 0 Å². The Balaban J connectivity index is 1.75. The van der Waals surface area contributed by atoms with Gasteiger partial charge in [-0.1, -0.05) is 0 Å². The topological polar surface area (TPSA) is 116 Å². The predicted molar refractivity (Wildman–Crippen MR) is 91.4 cm³/mol. The highest BCUT2D eigenvalue weighted by molar-refractivity contribution is 6.12. The first-order chi connectivity index (χ1) is 12.5. The first-order valence-electron chi connectivity index (χ1n) is 7.58. The van der Waals surface area contributed by atoms with Gasteiger partial charge >= 0.3 is 0 Å². The van der Waals surface area contributed by atoms with Gasteiger partial charge in [-0.3, -0.25) is 9.78 Å². The standard InChI is InChI=1S/C16H13FN8O/c1-9-4-20-8-24(9)12-2-3-19-6-11(12)22-16(26)13-14(18)23-25-7-10(17)5-21-15(13)25/h2-8H,1H3,(H2,18,23)(H,22,26). The smallest absolute Gasteiger partial charge is 0.263 e. The number of fused-ring (bicyclic) bond motifs is 1. The quantitative estimate of drug-likeness (QED) is 0.578. The van der Waals surface area contributed by atoms with E-state index in [0.717, 1.165) is 22.6 Å². The number of pyridine rings is 1. The Morgan fingerprint density at radius 2 is 2.12 bits per heavy atom. The van der Waals surface area contributed by atoms with Gasteiger partial charge in [0.1, 0.15) is 5.56 Å². The van der Waals surface area contributed by atoms with Crippen molar-refractivity contribution in [3.8, 4) is 5.69 Å². The van der Waals surface area contributed by atoms with Crippen LogP contribution in [-0.4, -0.2) is 35.0 Å². The van der Waals surface area contributed by atoms with Gasteiger partial charge in [-0.05, 0) is 13.0 Å². The minimum Gasteiger partial charge on any atom is -0.381 e. The van der Waals surface area contributed by atoms with Crippen LogP contribution in [0.1, 0.15) is 16.1 Å². The number of carbonyl (C=O) groups excluding carboxylic acids is 1. The van der Waals surface area contributed by atoms with Crippen LogP contribution in [0.15, 0.2) is 43.4 Å². The molecule has 0 aliphatic carbocycles. The molecule has 0 aliphatic rings. The van der Waals surface area contributed by atoms with Crippen molar-refractivity contribution in [2.75, 3.05) is 11.1 Å². The minimum atomic E-state index is -0.586. The fourth-order valence-electron chi connectivity index (χ4n) is 2.64. The van der Waals surface area contributed by atoms with Crippen LogP contribution in [0.3, 0.4) is 0 Å². The molecule has 4 rings (SSSR count). The van der Waals surface area contributed by atoms with Gasteiger partial charge < -0.3 is 15.6 Å². The number of nitrogens with zero attached hydrogens (tertiary/aromatic N) is 6. The van der Waals surface area contributed by atoms with Crippen molar-refractivity contribution >= 4 is 23.1 Å². The van der Waals surface area contributed by atoms with E-state index in [1.807, 2.05) is 11.5 Å². The molecule has 130 valence electrons. The lowest BCUT2D eigenvalue weighted by molar-refractivity contribution is 0.102. The molecule has 0 unspecified atom stereocenters. The molecule has 0 spiro atoms. The van der Waals surface area contributed by atoms with E-state index in [-0.39, 0.29) is 17.0 Å². The van der Waals surface area contributed by atoms with Crippen LogP contribution in [0, 0.1) is 12.7 Å². The zero-order valence-electron chi connectivity index (χ0n) is 13.6. The molecule has 1 amide bonds. The third-order valence-electron chi connectivity index (χ3n) is 3.82. The maximum Gasteiger partial charge on any atom is 0.263 e. The average molecular weight is 352 g/mol. The normalized spacial score (nSPS) is 11.0. The Hall–Kier alpha value is -3.82. The number of hydrogen-bond donors (Lipinski definition) is 2. The second-order valence-electron chi connectivity index (χ2n) is 5.55. The number of carbonyl (C=O) groups is 1. The summed E-state index contributed by atoms with van der Waals surface area (Å²) in [6.07, 6.45) is 8.56. The molecule has 0 aromatic carbocycles. The van der Waals surface area contributed by atoms with Crippen molar-refractivity contribution < 1.29 is 9.18 Å². The molecule has 4 aromatic rings. The monoisotopic (exact) mass is 352 g/mol. The van der Waals surface area contributed by atoms with Crippen LogP contribution in [0.4, 0.5) is 15.9 Å². The van der Waals surface area contributed by atoms with Crippen molar-refractivity contribution in [3.05, 3.63) is 60.5 Å². The van der Waals surface area contributed by atoms with Crippen molar-refractivity contribution in [2.45, 2.75) is 6.92 Å². The lowest BCUT2D eigenvalue weighted by Crippen LogP contribution is -2.16. The number of hydrogen-bond acceptors (Lipinski definition) is 6. The SMILES string of the molecule is Cc1cncn1-c1ccncc1NC(=O)c1c(N)nn2cc(F)cnc12. The summed E-state index contributed by atoms with van der Waals surface area (Å²) in [7, 11) is 0. The summed E-state index contributed by atoms with van der Waals surface area (Å²) < 4.78 is 16.2. The number of aromatic nitrogens is 6. The first-order valence-corrected chi connectivity index (χ1v) is 7.58. The number of anilines is 2. The maximum absolute atomic E-state index is 13.3. The van der Waals surface area contributed by atoms with Gasteiger partial charge in [0.15, 0.2) is 17.3 Å². The van der Waals surface area contributed by atoms with Crippen molar-refractivity contribution in [3.63, 3.8) is 0 Å². The maximum atomic E-state index is 13.3. The van der Waals surface area contributed by atoms with Gasteiger partial charge in [0.25, 0.3) is 5.91 Å². The van der Waals surface area contributed by atoms with Gasteiger partial charge in [-0.15, -0.1) is 5.10 Å². The molecule has 26 heavy (non-hydrogen) atoms. The molecule has 9 nitrogen and oxygen atoms in total. The number of nitrogens with two attached hydrogens (primary N) is 1. The molecule has 0 aliphatic heterocycles. The van der Waals surface area contributed by atoms with E-state index in [1.165, 1.54) is 6.20 Å². The Morgan fingerprint density at radius 3 is 2.88 bits per heavy atom. The zero-order chi connectivity index (χ0) is 18.3. The lowest BCUT2D eigenvalue weighted by atomic mass is 10.2. The number of nitrogen functional groups attached to an aromatic ring is 1. The molecule has 0 saturated carbocycles. The van der Waals surface area contributed by atoms with Crippen molar-refractivity contribution in [1.29, 1.82) is 0 Å². The summed E-state index contributed by atoms with van der Waals surface area (Å²) in [5.41, 5.74) is 8.08. The Morgan fingerprint density at radius 1 is 1.27 bits per heavy atom. The number of rotatable bonds is 3. The molecular formula is C16H13FN8O. The summed E-state index contributed by atoms with van der Waals surface area (Å²) in [6.45, 7) is 1.89. The van der Waals surface area contributed by atoms with Crippen LogP contribution in [-0.2, 0) is 0 Å². The average Bonchev–Trinajstić information content (AvgIpc) is 3.17. The number of aryl methyl sites for hydroxylation is 1. The molecule has 10 heteroatoms. The molecule has 0 atom stereocenters. The van der Waals surface area contributed by atoms with E-state index < -0.39 is 11.7 Å². The summed E-state index contributed by atoms with van der Waals surface area (Å²) >= 11 is 0. The highest BCUT2D eigenvalue weighted by Crippen LogP contribution is 2.23. The van der Waals surface area contributed by atoms with Crippen molar-refractivity contribution in [2.24, 2.45) is 0 Å². The third kappa shape index (κ3) is 2.53. The first kappa shape index (κ1) is 15.7. The molecule has 0 fully saturated rings. The fraction of sp³-hybridized carbons (Fsp3) is 0.0625. The Kier molecular flexibility index (Phi) is 3.57. The molecular weight excluding hydrogens is 339 g/mol. The highest BCUT2D eigenvalue weighted by Gasteiger charge is 2.21. The second-order valence-corrected chi connectivity index (χ2v) is 5.55. The molecule has 0 radical (unpaired) electrons. The summed E-state index contributed by atoms with van der Waals surface area (Å²) in [5.74, 6) is -1.16. The number of amides is 1.